The molecule has 0 atom stereocenters. The molecule has 0 radical (unpaired) electrons. The van der Waals surface area contributed by atoms with Crippen LogP contribution in [0, 0.1) is 18.3 Å². The van der Waals surface area contributed by atoms with Crippen LogP contribution in [-0.4, -0.2) is 17.1 Å². The first-order valence-electron chi connectivity index (χ1n) is 7.03. The zero-order valence-corrected chi connectivity index (χ0v) is 13.5. The van der Waals surface area contributed by atoms with Crippen molar-refractivity contribution in [2.45, 2.75) is 6.92 Å². The van der Waals surface area contributed by atoms with Gasteiger partial charge in [0.15, 0.2) is 0 Å². The molecule has 1 heterocycles. The van der Waals surface area contributed by atoms with Crippen molar-refractivity contribution >= 4 is 34.3 Å². The Balaban J connectivity index is 2.04. The number of nitrogens with zero attached hydrogens (tertiary/aromatic N) is 2. The van der Waals surface area contributed by atoms with Crippen molar-refractivity contribution in [2.75, 3.05) is 7.11 Å². The van der Waals surface area contributed by atoms with E-state index in [1.165, 1.54) is 0 Å². The summed E-state index contributed by atoms with van der Waals surface area (Å²) in [4.78, 5) is 7.66. The van der Waals surface area contributed by atoms with Gasteiger partial charge in [0.1, 0.15) is 17.6 Å². The molecule has 0 saturated heterocycles. The van der Waals surface area contributed by atoms with E-state index >= 15 is 0 Å². The van der Waals surface area contributed by atoms with Crippen LogP contribution in [0.2, 0.25) is 5.02 Å². The summed E-state index contributed by atoms with van der Waals surface area (Å²) in [5.41, 5.74) is 4.13. The van der Waals surface area contributed by atoms with Gasteiger partial charge in [0.2, 0.25) is 0 Å². The number of imidazole rings is 1. The van der Waals surface area contributed by atoms with Gasteiger partial charge in [-0.3, -0.25) is 0 Å². The van der Waals surface area contributed by atoms with Crippen LogP contribution in [0.25, 0.3) is 22.7 Å². The molecular weight excluding hydrogens is 310 g/mol. The number of nitrogens with one attached hydrogen (secondary N) is 1. The van der Waals surface area contributed by atoms with Gasteiger partial charge in [0.25, 0.3) is 0 Å². The molecule has 0 aliphatic carbocycles. The van der Waals surface area contributed by atoms with Crippen LogP contribution in [0.5, 0.6) is 5.75 Å². The number of rotatable bonds is 3. The Morgan fingerprint density at radius 3 is 2.83 bits per heavy atom. The monoisotopic (exact) mass is 323 g/mol. The van der Waals surface area contributed by atoms with E-state index in [0.717, 1.165) is 22.2 Å². The highest BCUT2D eigenvalue weighted by Gasteiger charge is 2.09. The maximum absolute atomic E-state index is 9.45. The summed E-state index contributed by atoms with van der Waals surface area (Å²) in [7, 11) is 1.56. The second kappa shape index (κ2) is 6.15. The number of ether oxygens (including phenoxy) is 1. The van der Waals surface area contributed by atoms with E-state index in [0.29, 0.717) is 22.2 Å². The second-order valence-electron chi connectivity index (χ2n) is 5.17. The molecule has 0 saturated carbocycles. The SMILES string of the molecule is COc1ccc(C=C(C#N)c2nc3ccc(C)cc3[nH]2)cc1Cl. The van der Waals surface area contributed by atoms with Crippen LogP contribution in [-0.2, 0) is 0 Å². The zero-order valence-electron chi connectivity index (χ0n) is 12.7. The first kappa shape index (κ1) is 15.1. The van der Waals surface area contributed by atoms with E-state index in [4.69, 9.17) is 16.3 Å². The first-order chi connectivity index (χ1) is 11.1. The Kier molecular flexibility index (Phi) is 4.05. The van der Waals surface area contributed by atoms with Gasteiger partial charge < -0.3 is 9.72 Å². The molecule has 4 nitrogen and oxygen atoms in total. The van der Waals surface area contributed by atoms with E-state index in [9.17, 15) is 5.26 Å². The molecule has 0 unspecified atom stereocenters. The topological polar surface area (TPSA) is 61.7 Å². The molecular formula is C18H14ClN3O. The largest absolute Gasteiger partial charge is 0.495 e. The van der Waals surface area contributed by atoms with Crippen molar-refractivity contribution in [1.29, 1.82) is 5.26 Å². The van der Waals surface area contributed by atoms with Crippen molar-refractivity contribution in [3.05, 3.63) is 58.4 Å². The van der Waals surface area contributed by atoms with Gasteiger partial charge >= 0.3 is 0 Å². The van der Waals surface area contributed by atoms with E-state index < -0.39 is 0 Å². The zero-order chi connectivity index (χ0) is 16.4. The Labute approximate surface area is 139 Å². The number of hydrogen-bond donors (Lipinski definition) is 1. The molecule has 23 heavy (non-hydrogen) atoms. The fourth-order valence-electron chi connectivity index (χ4n) is 2.34. The predicted octanol–water partition coefficient (Wildman–Crippen LogP) is 4.60. The molecule has 3 rings (SSSR count). The van der Waals surface area contributed by atoms with Crippen LogP contribution < -0.4 is 4.74 Å². The number of H-pyrrole nitrogens is 1. The lowest BCUT2D eigenvalue weighted by atomic mass is 10.1. The van der Waals surface area contributed by atoms with Crippen molar-refractivity contribution < 1.29 is 4.74 Å². The second-order valence-corrected chi connectivity index (χ2v) is 5.58. The summed E-state index contributed by atoms with van der Waals surface area (Å²) in [6.45, 7) is 2.01. The number of allylic oxidation sites excluding steroid dienone is 1. The minimum Gasteiger partial charge on any atom is -0.495 e. The number of methoxy groups -OCH3 is 1. The lowest BCUT2D eigenvalue weighted by molar-refractivity contribution is 0.415. The Bertz CT molecular complexity index is 951. The summed E-state index contributed by atoms with van der Waals surface area (Å²) in [6.07, 6.45) is 1.75. The molecule has 0 spiro atoms. The molecule has 114 valence electrons. The molecule has 0 bridgehead atoms. The normalized spacial score (nSPS) is 11.5. The molecule has 1 N–H and O–H groups in total. The fraction of sp³-hybridized carbons (Fsp3) is 0.111. The quantitative estimate of drug-likeness (QED) is 0.717. The van der Waals surface area contributed by atoms with Crippen molar-refractivity contribution in [2.24, 2.45) is 0 Å². The Hall–Kier alpha value is -2.77. The highest BCUT2D eigenvalue weighted by atomic mass is 35.5. The molecule has 2 aromatic carbocycles. The number of halogens is 1. The number of aromatic nitrogens is 2. The Morgan fingerprint density at radius 2 is 2.13 bits per heavy atom. The van der Waals surface area contributed by atoms with Gasteiger partial charge in [-0.25, -0.2) is 4.98 Å². The standard InChI is InChI=1S/C18H14ClN3O/c1-11-3-5-15-16(7-11)22-18(21-15)13(10-20)8-12-4-6-17(23-2)14(19)9-12/h3-9H,1-2H3,(H,21,22). The minimum absolute atomic E-state index is 0.445. The van der Waals surface area contributed by atoms with E-state index in [-0.39, 0.29) is 0 Å². The molecule has 0 aliphatic rings. The van der Waals surface area contributed by atoms with Crippen molar-refractivity contribution in [1.82, 2.24) is 9.97 Å². The fourth-order valence-corrected chi connectivity index (χ4v) is 2.61. The minimum atomic E-state index is 0.445. The smallest absolute Gasteiger partial charge is 0.149 e. The lowest BCUT2D eigenvalue weighted by Crippen LogP contribution is -1.87. The average molecular weight is 324 g/mol. The summed E-state index contributed by atoms with van der Waals surface area (Å²) in [6, 6.07) is 13.5. The highest BCUT2D eigenvalue weighted by molar-refractivity contribution is 6.32. The van der Waals surface area contributed by atoms with Crippen LogP contribution >= 0.6 is 11.6 Å². The summed E-state index contributed by atoms with van der Waals surface area (Å²) in [5.74, 6) is 1.14. The van der Waals surface area contributed by atoms with Crippen molar-refractivity contribution in [3.63, 3.8) is 0 Å². The number of nitriles is 1. The molecule has 0 fully saturated rings. The molecule has 0 aliphatic heterocycles. The highest BCUT2D eigenvalue weighted by Crippen LogP contribution is 2.27. The summed E-state index contributed by atoms with van der Waals surface area (Å²) < 4.78 is 5.13. The predicted molar refractivity (Wildman–Crippen MR) is 92.3 cm³/mol. The van der Waals surface area contributed by atoms with E-state index in [1.54, 1.807) is 25.3 Å². The van der Waals surface area contributed by atoms with Gasteiger partial charge in [0.05, 0.1) is 28.7 Å². The van der Waals surface area contributed by atoms with Crippen LogP contribution in [0.15, 0.2) is 36.4 Å². The third-order valence-electron chi connectivity index (χ3n) is 3.50. The number of aromatic amines is 1. The summed E-state index contributed by atoms with van der Waals surface area (Å²) >= 11 is 6.12. The van der Waals surface area contributed by atoms with Gasteiger partial charge in [-0.05, 0) is 48.4 Å². The maximum atomic E-state index is 9.45. The third kappa shape index (κ3) is 3.05. The van der Waals surface area contributed by atoms with Crippen LogP contribution in [0.1, 0.15) is 17.0 Å². The molecule has 3 aromatic rings. The van der Waals surface area contributed by atoms with Crippen LogP contribution in [0.3, 0.4) is 0 Å². The van der Waals surface area contributed by atoms with Crippen molar-refractivity contribution in [3.8, 4) is 11.8 Å². The van der Waals surface area contributed by atoms with Gasteiger partial charge in [-0.1, -0.05) is 23.7 Å². The molecule has 0 amide bonds. The molecule has 1 aromatic heterocycles. The average Bonchev–Trinajstić information content (AvgIpc) is 2.95. The third-order valence-corrected chi connectivity index (χ3v) is 3.80. The maximum Gasteiger partial charge on any atom is 0.149 e. The first-order valence-corrected chi connectivity index (χ1v) is 7.40. The number of hydrogen-bond acceptors (Lipinski definition) is 3. The molecule has 5 heteroatoms. The van der Waals surface area contributed by atoms with Crippen LogP contribution in [0.4, 0.5) is 0 Å². The van der Waals surface area contributed by atoms with E-state index in [1.807, 2.05) is 31.2 Å². The lowest BCUT2D eigenvalue weighted by Gasteiger charge is -2.03. The van der Waals surface area contributed by atoms with Gasteiger partial charge in [0, 0.05) is 0 Å². The number of aryl methyl sites for hydroxylation is 1. The van der Waals surface area contributed by atoms with Gasteiger partial charge in [-0.2, -0.15) is 5.26 Å². The summed E-state index contributed by atoms with van der Waals surface area (Å²) in [5, 5.41) is 9.95. The Morgan fingerprint density at radius 1 is 1.30 bits per heavy atom. The van der Waals surface area contributed by atoms with E-state index in [2.05, 4.69) is 16.0 Å². The number of fused-ring (bicyclic) bond motifs is 1. The van der Waals surface area contributed by atoms with Gasteiger partial charge in [-0.15, -0.1) is 0 Å². The number of benzene rings is 2.